The van der Waals surface area contributed by atoms with Gasteiger partial charge in [-0.2, -0.15) is 0 Å². The van der Waals surface area contributed by atoms with Gasteiger partial charge < -0.3 is 10.6 Å². The van der Waals surface area contributed by atoms with E-state index >= 15 is 0 Å². The van der Waals surface area contributed by atoms with Crippen molar-refractivity contribution in [2.75, 3.05) is 11.9 Å². The molecule has 2 N–H and O–H groups in total. The Labute approximate surface area is 137 Å². The molecule has 0 aliphatic carbocycles. The molecular weight excluding hydrogens is 348 g/mol. The van der Waals surface area contributed by atoms with Crippen molar-refractivity contribution >= 4 is 38.9 Å². The van der Waals surface area contributed by atoms with Gasteiger partial charge in [-0.15, -0.1) is 11.3 Å². The third kappa shape index (κ3) is 4.40. The van der Waals surface area contributed by atoms with Crippen LogP contribution in [0.3, 0.4) is 0 Å². The number of nitrogens with one attached hydrogen (secondary N) is 2. The molecule has 2 rings (SSSR count). The van der Waals surface area contributed by atoms with Gasteiger partial charge in [-0.05, 0) is 53.2 Å². The zero-order valence-electron chi connectivity index (χ0n) is 12.2. The van der Waals surface area contributed by atoms with E-state index in [1.807, 2.05) is 43.3 Å². The van der Waals surface area contributed by atoms with Crippen LogP contribution in [0.25, 0.3) is 0 Å². The third-order valence-electron chi connectivity index (χ3n) is 3.25. The molecule has 1 amide bonds. The number of benzene rings is 1. The number of halogens is 1. The Morgan fingerprint density at radius 3 is 2.71 bits per heavy atom. The van der Waals surface area contributed by atoms with Gasteiger partial charge in [-0.25, -0.2) is 0 Å². The first kappa shape index (κ1) is 16.2. The number of hydrogen-bond donors (Lipinski definition) is 2. The first-order valence-electron chi connectivity index (χ1n) is 6.96. The van der Waals surface area contributed by atoms with Gasteiger partial charge in [0.05, 0.1) is 9.70 Å². The molecule has 21 heavy (non-hydrogen) atoms. The number of carbonyl (C=O) groups excluding carboxylic acids is 1. The quantitative estimate of drug-likeness (QED) is 0.797. The van der Waals surface area contributed by atoms with Crippen molar-refractivity contribution in [1.29, 1.82) is 0 Å². The molecule has 0 saturated heterocycles. The molecule has 0 spiro atoms. The summed E-state index contributed by atoms with van der Waals surface area (Å²) in [6.07, 6.45) is 0. The van der Waals surface area contributed by atoms with Gasteiger partial charge in [-0.1, -0.05) is 25.1 Å². The maximum Gasteiger partial charge on any atom is 0.232 e. The van der Waals surface area contributed by atoms with Crippen LogP contribution in [0.1, 0.15) is 30.2 Å². The van der Waals surface area contributed by atoms with Gasteiger partial charge in [-0.3, -0.25) is 4.79 Å². The predicted molar refractivity (Wildman–Crippen MR) is 92.9 cm³/mol. The van der Waals surface area contributed by atoms with Gasteiger partial charge in [0.25, 0.3) is 0 Å². The maximum atomic E-state index is 12.4. The van der Waals surface area contributed by atoms with E-state index in [9.17, 15) is 4.79 Å². The zero-order chi connectivity index (χ0) is 15.2. The summed E-state index contributed by atoms with van der Waals surface area (Å²) in [5, 5.41) is 6.33. The highest BCUT2D eigenvalue weighted by molar-refractivity contribution is 9.11. The highest BCUT2D eigenvalue weighted by Crippen LogP contribution is 2.29. The normalized spacial score (nSPS) is 12.1. The molecule has 3 nitrogen and oxygen atoms in total. The molecule has 1 aromatic carbocycles. The lowest BCUT2D eigenvalue weighted by atomic mass is 10.1. The molecule has 0 saturated carbocycles. The second kappa shape index (κ2) is 7.73. The second-order valence-electron chi connectivity index (χ2n) is 4.79. The third-order valence-corrected chi connectivity index (χ3v) is 5.06. The van der Waals surface area contributed by atoms with E-state index < -0.39 is 0 Å². The summed E-state index contributed by atoms with van der Waals surface area (Å²) >= 11 is 5.03. The first-order chi connectivity index (χ1) is 10.1. The summed E-state index contributed by atoms with van der Waals surface area (Å²) in [5.74, 6) is -0.137. The summed E-state index contributed by atoms with van der Waals surface area (Å²) in [4.78, 5) is 13.5. The van der Waals surface area contributed by atoms with E-state index in [1.165, 1.54) is 0 Å². The number of anilines is 1. The summed E-state index contributed by atoms with van der Waals surface area (Å²) in [5.41, 5.74) is 1.98. The molecule has 2 aromatic rings. The van der Waals surface area contributed by atoms with Crippen LogP contribution >= 0.6 is 27.3 Å². The molecule has 1 heterocycles. The fourth-order valence-corrected chi connectivity index (χ4v) is 3.46. The summed E-state index contributed by atoms with van der Waals surface area (Å²) in [6.45, 7) is 5.66. The Morgan fingerprint density at radius 1 is 1.29 bits per heavy atom. The van der Waals surface area contributed by atoms with Crippen LogP contribution in [0.5, 0.6) is 0 Å². The first-order valence-corrected chi connectivity index (χ1v) is 8.57. The lowest BCUT2D eigenvalue weighted by Crippen LogP contribution is -2.20. The average Bonchev–Trinajstić information content (AvgIpc) is 2.92. The number of hydrogen-bond acceptors (Lipinski definition) is 3. The number of amides is 1. The van der Waals surface area contributed by atoms with Crippen molar-refractivity contribution in [3.8, 4) is 0 Å². The Morgan fingerprint density at radius 2 is 2.05 bits per heavy atom. The lowest BCUT2D eigenvalue weighted by Gasteiger charge is -2.14. The topological polar surface area (TPSA) is 41.1 Å². The fraction of sp³-hybridized carbons (Fsp3) is 0.312. The highest BCUT2D eigenvalue weighted by atomic mass is 79.9. The number of rotatable bonds is 6. The van der Waals surface area contributed by atoms with Crippen LogP contribution in [-0.2, 0) is 11.3 Å². The molecule has 0 fully saturated rings. The number of para-hydroxylation sites is 1. The average molecular weight is 367 g/mol. The molecule has 112 valence electrons. The van der Waals surface area contributed by atoms with E-state index in [0.29, 0.717) is 0 Å². The van der Waals surface area contributed by atoms with Crippen molar-refractivity contribution in [3.63, 3.8) is 0 Å². The van der Waals surface area contributed by atoms with E-state index in [4.69, 9.17) is 0 Å². The van der Waals surface area contributed by atoms with Crippen molar-refractivity contribution < 1.29 is 4.79 Å². The summed E-state index contributed by atoms with van der Waals surface area (Å²) in [7, 11) is 0. The van der Waals surface area contributed by atoms with E-state index in [-0.39, 0.29) is 11.8 Å². The Bertz CT molecular complexity index is 612. The smallest absolute Gasteiger partial charge is 0.232 e. The number of thiophene rings is 1. The SMILES string of the molecule is CCNCc1ccccc1NC(=O)C(C)c1ccc(Br)s1. The van der Waals surface area contributed by atoms with Crippen LogP contribution < -0.4 is 10.6 Å². The molecule has 0 aliphatic rings. The monoisotopic (exact) mass is 366 g/mol. The van der Waals surface area contributed by atoms with Crippen LogP contribution in [0.4, 0.5) is 5.69 Å². The Balaban J connectivity index is 2.08. The van der Waals surface area contributed by atoms with Gasteiger partial charge in [0, 0.05) is 17.1 Å². The molecule has 1 unspecified atom stereocenters. The minimum absolute atomic E-state index is 0.0216. The fourth-order valence-electron chi connectivity index (χ4n) is 1.99. The molecule has 1 aromatic heterocycles. The Kier molecular flexibility index (Phi) is 5.96. The van der Waals surface area contributed by atoms with Crippen LogP contribution in [0.15, 0.2) is 40.2 Å². The molecule has 0 radical (unpaired) electrons. The molecule has 5 heteroatoms. The zero-order valence-corrected chi connectivity index (χ0v) is 14.6. The summed E-state index contributed by atoms with van der Waals surface area (Å²) < 4.78 is 1.05. The predicted octanol–water partition coefficient (Wildman–Crippen LogP) is 4.36. The van der Waals surface area contributed by atoms with Crippen molar-refractivity contribution in [1.82, 2.24) is 5.32 Å². The van der Waals surface area contributed by atoms with Crippen molar-refractivity contribution in [3.05, 3.63) is 50.6 Å². The minimum Gasteiger partial charge on any atom is -0.325 e. The highest BCUT2D eigenvalue weighted by Gasteiger charge is 2.18. The van der Waals surface area contributed by atoms with Crippen LogP contribution in [0, 0.1) is 0 Å². The molecule has 0 aliphatic heterocycles. The van der Waals surface area contributed by atoms with Crippen molar-refractivity contribution in [2.24, 2.45) is 0 Å². The minimum atomic E-state index is -0.159. The standard InChI is InChI=1S/C16H19BrN2OS/c1-3-18-10-12-6-4-5-7-13(12)19-16(20)11(2)14-8-9-15(17)21-14/h4-9,11,18H,3,10H2,1-2H3,(H,19,20). The van der Waals surface area contributed by atoms with E-state index in [1.54, 1.807) is 11.3 Å². The molecule has 0 bridgehead atoms. The van der Waals surface area contributed by atoms with E-state index in [0.717, 1.165) is 33.0 Å². The molecule has 1 atom stereocenters. The van der Waals surface area contributed by atoms with Gasteiger partial charge in [0.2, 0.25) is 5.91 Å². The molecular formula is C16H19BrN2OS. The lowest BCUT2D eigenvalue weighted by molar-refractivity contribution is -0.117. The van der Waals surface area contributed by atoms with E-state index in [2.05, 4.69) is 33.5 Å². The number of carbonyl (C=O) groups is 1. The van der Waals surface area contributed by atoms with Gasteiger partial charge >= 0.3 is 0 Å². The van der Waals surface area contributed by atoms with Crippen molar-refractivity contribution in [2.45, 2.75) is 26.3 Å². The Hall–Kier alpha value is -1.17. The van der Waals surface area contributed by atoms with Gasteiger partial charge in [0.1, 0.15) is 0 Å². The summed E-state index contributed by atoms with van der Waals surface area (Å²) in [6, 6.07) is 11.9. The second-order valence-corrected chi connectivity index (χ2v) is 7.28. The van der Waals surface area contributed by atoms with Gasteiger partial charge in [0.15, 0.2) is 0 Å². The van der Waals surface area contributed by atoms with Crippen LogP contribution in [0.2, 0.25) is 0 Å². The van der Waals surface area contributed by atoms with Crippen LogP contribution in [-0.4, -0.2) is 12.5 Å². The maximum absolute atomic E-state index is 12.4. The largest absolute Gasteiger partial charge is 0.325 e.